The number of nitrogens with zero attached hydrogens (tertiary/aromatic N) is 1. The van der Waals surface area contributed by atoms with Crippen LogP contribution in [0.4, 0.5) is 18.9 Å². The Balaban J connectivity index is 1.73. The van der Waals surface area contributed by atoms with E-state index in [1.54, 1.807) is 0 Å². The van der Waals surface area contributed by atoms with E-state index < -0.39 is 17.6 Å². The lowest BCUT2D eigenvalue weighted by molar-refractivity contribution is -0.137. The van der Waals surface area contributed by atoms with Crippen LogP contribution >= 0.6 is 34.7 Å². The maximum Gasteiger partial charge on any atom is 0.416 e. The molecule has 0 spiro atoms. The van der Waals surface area contributed by atoms with Crippen LogP contribution in [-0.4, -0.2) is 21.6 Å². The van der Waals surface area contributed by atoms with E-state index in [1.807, 2.05) is 13.8 Å². The lowest BCUT2D eigenvalue weighted by atomic mass is 10.2. The number of anilines is 1. The molecule has 0 aliphatic rings. The van der Waals surface area contributed by atoms with E-state index in [2.05, 4.69) is 15.3 Å². The molecule has 0 saturated heterocycles. The van der Waals surface area contributed by atoms with Crippen molar-refractivity contribution in [1.82, 2.24) is 9.97 Å². The van der Waals surface area contributed by atoms with Gasteiger partial charge in [-0.3, -0.25) is 9.59 Å². The highest BCUT2D eigenvalue weighted by Crippen LogP contribution is 2.34. The maximum absolute atomic E-state index is 12.8. The molecule has 0 fully saturated rings. The Morgan fingerprint density at radius 3 is 2.75 bits per heavy atom. The first kappa shape index (κ1) is 20.7. The van der Waals surface area contributed by atoms with Crippen LogP contribution in [0.2, 0.25) is 5.02 Å². The summed E-state index contributed by atoms with van der Waals surface area (Å²) >= 11 is 8.21. The van der Waals surface area contributed by atoms with Crippen LogP contribution in [0, 0.1) is 13.8 Å². The first-order valence-electron chi connectivity index (χ1n) is 7.85. The van der Waals surface area contributed by atoms with E-state index in [1.165, 1.54) is 11.3 Å². The SMILES string of the molecule is Cc1sc2nc(SCC(=O)Nc3cc(C(F)(F)F)ccc3Cl)[nH]c(=O)c2c1C. The monoisotopic (exact) mass is 447 g/mol. The van der Waals surface area contributed by atoms with E-state index in [9.17, 15) is 22.8 Å². The van der Waals surface area contributed by atoms with E-state index >= 15 is 0 Å². The first-order valence-corrected chi connectivity index (χ1v) is 10.0. The number of rotatable bonds is 4. The molecule has 3 rings (SSSR count). The number of nitrogens with one attached hydrogen (secondary N) is 2. The number of carbonyl (C=O) groups excluding carboxylic acids is 1. The number of carbonyl (C=O) groups is 1. The van der Waals surface area contributed by atoms with Gasteiger partial charge in [-0.2, -0.15) is 13.2 Å². The molecule has 1 aromatic carbocycles. The quantitative estimate of drug-likeness (QED) is 0.435. The second-order valence-electron chi connectivity index (χ2n) is 5.86. The van der Waals surface area contributed by atoms with Gasteiger partial charge in [-0.05, 0) is 37.6 Å². The average Bonchev–Trinajstić information content (AvgIpc) is 2.88. The molecular formula is C17H13ClF3N3O2S2. The van der Waals surface area contributed by atoms with Crippen molar-refractivity contribution in [3.05, 3.63) is 49.6 Å². The standard InChI is InChI=1S/C17H13ClF3N3O2S2/c1-7-8(2)28-15-13(7)14(26)23-16(24-15)27-6-12(25)22-11-5-9(17(19,20)21)3-4-10(11)18/h3-5H,6H2,1-2H3,(H,22,25)(H,23,24,26). The van der Waals surface area contributed by atoms with Gasteiger partial charge in [0.2, 0.25) is 5.91 Å². The highest BCUT2D eigenvalue weighted by molar-refractivity contribution is 7.99. The highest BCUT2D eigenvalue weighted by atomic mass is 35.5. The third kappa shape index (κ3) is 4.34. The van der Waals surface area contributed by atoms with Crippen LogP contribution in [-0.2, 0) is 11.0 Å². The van der Waals surface area contributed by atoms with Crippen molar-refractivity contribution in [2.45, 2.75) is 25.2 Å². The topological polar surface area (TPSA) is 74.8 Å². The molecule has 0 unspecified atom stereocenters. The number of amides is 1. The minimum absolute atomic E-state index is 0.0103. The number of aryl methyl sites for hydroxylation is 2. The minimum Gasteiger partial charge on any atom is -0.324 e. The summed E-state index contributed by atoms with van der Waals surface area (Å²) in [6.07, 6.45) is -4.55. The molecule has 28 heavy (non-hydrogen) atoms. The van der Waals surface area contributed by atoms with Crippen LogP contribution in [0.1, 0.15) is 16.0 Å². The number of fused-ring (bicyclic) bond motifs is 1. The van der Waals surface area contributed by atoms with Gasteiger partial charge in [-0.25, -0.2) is 4.98 Å². The van der Waals surface area contributed by atoms with Crippen LogP contribution < -0.4 is 10.9 Å². The number of thioether (sulfide) groups is 1. The predicted molar refractivity (Wildman–Crippen MR) is 106 cm³/mol. The average molecular weight is 448 g/mol. The fraction of sp³-hybridized carbons (Fsp3) is 0.235. The molecule has 0 aliphatic heterocycles. The summed E-state index contributed by atoms with van der Waals surface area (Å²) in [6.45, 7) is 3.73. The Kier molecular flexibility index (Phi) is 5.74. The van der Waals surface area contributed by atoms with Crippen LogP contribution in [0.5, 0.6) is 0 Å². The first-order chi connectivity index (χ1) is 13.1. The zero-order valence-corrected chi connectivity index (χ0v) is 16.9. The highest BCUT2D eigenvalue weighted by Gasteiger charge is 2.31. The number of alkyl halides is 3. The van der Waals surface area contributed by atoms with Gasteiger partial charge in [0, 0.05) is 4.88 Å². The van der Waals surface area contributed by atoms with Crippen molar-refractivity contribution in [3.8, 4) is 0 Å². The molecule has 2 N–H and O–H groups in total. The number of aromatic nitrogens is 2. The molecule has 0 aliphatic carbocycles. The Morgan fingerprint density at radius 2 is 2.07 bits per heavy atom. The molecule has 1 amide bonds. The summed E-state index contributed by atoms with van der Waals surface area (Å²) in [6, 6.07) is 2.68. The van der Waals surface area contributed by atoms with Gasteiger partial charge in [-0.1, -0.05) is 23.4 Å². The van der Waals surface area contributed by atoms with Crippen molar-refractivity contribution < 1.29 is 18.0 Å². The number of hydrogen-bond acceptors (Lipinski definition) is 5. The zero-order valence-electron chi connectivity index (χ0n) is 14.5. The summed E-state index contributed by atoms with van der Waals surface area (Å²) in [4.78, 5) is 32.8. The van der Waals surface area contributed by atoms with Crippen LogP contribution in [0.3, 0.4) is 0 Å². The molecule has 0 atom stereocenters. The van der Waals surface area contributed by atoms with Gasteiger partial charge in [0.15, 0.2) is 5.16 Å². The summed E-state index contributed by atoms with van der Waals surface area (Å²) in [5.74, 6) is -0.739. The molecule has 0 saturated carbocycles. The van der Waals surface area contributed by atoms with Gasteiger partial charge in [-0.15, -0.1) is 11.3 Å². The summed E-state index contributed by atoms with van der Waals surface area (Å²) in [7, 11) is 0. The van der Waals surface area contributed by atoms with Gasteiger partial charge in [0.25, 0.3) is 5.56 Å². The summed E-state index contributed by atoms with van der Waals surface area (Å²) in [5.41, 5.74) is -0.485. The van der Waals surface area contributed by atoms with E-state index in [0.717, 1.165) is 40.4 Å². The van der Waals surface area contributed by atoms with Gasteiger partial charge in [0.1, 0.15) is 4.83 Å². The van der Waals surface area contributed by atoms with E-state index in [-0.39, 0.29) is 27.2 Å². The van der Waals surface area contributed by atoms with Crippen molar-refractivity contribution in [2.75, 3.05) is 11.1 Å². The lowest BCUT2D eigenvalue weighted by Crippen LogP contribution is -2.16. The van der Waals surface area contributed by atoms with Crippen molar-refractivity contribution in [1.29, 1.82) is 0 Å². The second-order valence-corrected chi connectivity index (χ2v) is 8.44. The molecule has 3 aromatic rings. The number of thiophene rings is 1. The third-order valence-corrected chi connectivity index (χ3v) is 6.23. The smallest absolute Gasteiger partial charge is 0.324 e. The number of hydrogen-bond donors (Lipinski definition) is 2. The molecule has 148 valence electrons. The normalized spacial score (nSPS) is 11.8. The molecule has 2 heterocycles. The molecule has 0 radical (unpaired) electrons. The number of H-pyrrole nitrogens is 1. The Bertz CT molecular complexity index is 1130. The molecule has 5 nitrogen and oxygen atoms in total. The maximum atomic E-state index is 12.8. The number of halogens is 4. The lowest BCUT2D eigenvalue weighted by Gasteiger charge is -2.11. The third-order valence-electron chi connectivity index (χ3n) is 3.93. The Morgan fingerprint density at radius 1 is 1.36 bits per heavy atom. The van der Waals surface area contributed by atoms with Gasteiger partial charge >= 0.3 is 6.18 Å². The minimum atomic E-state index is -4.55. The predicted octanol–water partition coefficient (Wildman–Crippen LogP) is 5.00. The van der Waals surface area contributed by atoms with Gasteiger partial charge in [0.05, 0.1) is 27.4 Å². The Hall–Kier alpha value is -2.04. The number of benzene rings is 1. The fourth-order valence-corrected chi connectivity index (χ4v) is 4.33. The Labute approximate surface area is 170 Å². The largest absolute Gasteiger partial charge is 0.416 e. The number of aromatic amines is 1. The molecular weight excluding hydrogens is 435 g/mol. The van der Waals surface area contributed by atoms with Crippen LogP contribution in [0.15, 0.2) is 28.2 Å². The molecule has 0 bridgehead atoms. The molecule has 2 aromatic heterocycles. The van der Waals surface area contributed by atoms with E-state index in [4.69, 9.17) is 11.6 Å². The van der Waals surface area contributed by atoms with Crippen molar-refractivity contribution in [3.63, 3.8) is 0 Å². The van der Waals surface area contributed by atoms with Crippen molar-refractivity contribution in [2.24, 2.45) is 0 Å². The zero-order chi connectivity index (χ0) is 20.6. The second kappa shape index (κ2) is 7.76. The summed E-state index contributed by atoms with van der Waals surface area (Å²) in [5, 5.41) is 3.11. The summed E-state index contributed by atoms with van der Waals surface area (Å²) < 4.78 is 38.4. The van der Waals surface area contributed by atoms with Crippen LogP contribution in [0.25, 0.3) is 10.2 Å². The van der Waals surface area contributed by atoms with Crippen molar-refractivity contribution >= 4 is 56.5 Å². The molecule has 11 heteroatoms. The van der Waals surface area contributed by atoms with E-state index in [0.29, 0.717) is 10.2 Å². The fourth-order valence-electron chi connectivity index (χ4n) is 2.42. The van der Waals surface area contributed by atoms with Gasteiger partial charge < -0.3 is 10.3 Å².